The molecular formula is C13H19NO2. The highest BCUT2D eigenvalue weighted by Crippen LogP contribution is 2.23. The van der Waals surface area contributed by atoms with Crippen molar-refractivity contribution in [1.82, 2.24) is 4.90 Å². The van der Waals surface area contributed by atoms with Crippen molar-refractivity contribution in [3.8, 4) is 0 Å². The number of carbonyl (C=O) groups is 1. The molecule has 88 valence electrons. The predicted molar refractivity (Wildman–Crippen MR) is 62.4 cm³/mol. The summed E-state index contributed by atoms with van der Waals surface area (Å²) in [5.41, 5.74) is 0.924. The molecule has 1 amide bonds. The molecule has 16 heavy (non-hydrogen) atoms. The Bertz CT molecular complexity index is 364. The number of carbonyl (C=O) groups excluding carboxylic acids is 1. The second-order valence-electron chi connectivity index (χ2n) is 4.64. The molecule has 0 radical (unpaired) electrons. The Hall–Kier alpha value is -1.25. The first-order valence-corrected chi connectivity index (χ1v) is 6.01. The average Bonchev–Trinajstić information content (AvgIpc) is 2.75. The summed E-state index contributed by atoms with van der Waals surface area (Å²) >= 11 is 0. The van der Waals surface area contributed by atoms with Crippen LogP contribution in [0.15, 0.2) is 16.7 Å². The van der Waals surface area contributed by atoms with Gasteiger partial charge in [-0.1, -0.05) is 19.3 Å². The molecule has 2 rings (SSSR count). The van der Waals surface area contributed by atoms with Crippen molar-refractivity contribution >= 4 is 5.91 Å². The van der Waals surface area contributed by atoms with Gasteiger partial charge in [0, 0.05) is 18.7 Å². The Morgan fingerprint density at radius 3 is 2.62 bits per heavy atom. The number of hydrogen-bond acceptors (Lipinski definition) is 2. The first-order chi connectivity index (χ1) is 7.70. The van der Waals surface area contributed by atoms with E-state index in [4.69, 9.17) is 4.42 Å². The second-order valence-corrected chi connectivity index (χ2v) is 4.64. The fraction of sp³-hybridized carbons (Fsp3) is 0.615. The van der Waals surface area contributed by atoms with Gasteiger partial charge in [0.15, 0.2) is 5.76 Å². The van der Waals surface area contributed by atoms with Crippen LogP contribution < -0.4 is 0 Å². The van der Waals surface area contributed by atoms with Crippen LogP contribution in [0, 0.1) is 6.92 Å². The fourth-order valence-electron chi connectivity index (χ4n) is 2.39. The van der Waals surface area contributed by atoms with Gasteiger partial charge < -0.3 is 9.32 Å². The van der Waals surface area contributed by atoms with Crippen LogP contribution in [0.2, 0.25) is 0 Å². The molecule has 1 aromatic rings. The zero-order valence-corrected chi connectivity index (χ0v) is 10.0. The van der Waals surface area contributed by atoms with Crippen molar-refractivity contribution in [2.75, 3.05) is 7.05 Å². The van der Waals surface area contributed by atoms with Crippen LogP contribution in [-0.4, -0.2) is 23.9 Å². The summed E-state index contributed by atoms with van der Waals surface area (Å²) in [6.45, 7) is 1.91. The zero-order chi connectivity index (χ0) is 11.5. The van der Waals surface area contributed by atoms with E-state index in [0.717, 1.165) is 18.4 Å². The monoisotopic (exact) mass is 221 g/mol. The minimum atomic E-state index is 0.0226. The van der Waals surface area contributed by atoms with E-state index < -0.39 is 0 Å². The topological polar surface area (TPSA) is 33.5 Å². The van der Waals surface area contributed by atoms with Gasteiger partial charge in [0.1, 0.15) is 0 Å². The van der Waals surface area contributed by atoms with Crippen LogP contribution in [0.25, 0.3) is 0 Å². The molecular weight excluding hydrogens is 202 g/mol. The summed E-state index contributed by atoms with van der Waals surface area (Å²) in [5.74, 6) is 0.516. The molecule has 0 spiro atoms. The normalized spacial score (nSPS) is 17.4. The van der Waals surface area contributed by atoms with Crippen molar-refractivity contribution in [3.05, 3.63) is 23.7 Å². The lowest BCUT2D eigenvalue weighted by Gasteiger charge is -2.30. The van der Waals surface area contributed by atoms with Crippen LogP contribution in [0.4, 0.5) is 0 Å². The molecule has 1 aliphatic carbocycles. The summed E-state index contributed by atoms with van der Waals surface area (Å²) in [6, 6.07) is 2.23. The van der Waals surface area contributed by atoms with E-state index in [9.17, 15) is 4.79 Å². The van der Waals surface area contributed by atoms with Crippen molar-refractivity contribution in [1.29, 1.82) is 0 Å². The van der Waals surface area contributed by atoms with Gasteiger partial charge in [-0.25, -0.2) is 0 Å². The molecule has 0 aromatic carbocycles. The van der Waals surface area contributed by atoms with Gasteiger partial charge in [-0.15, -0.1) is 0 Å². The molecule has 0 N–H and O–H groups in total. The van der Waals surface area contributed by atoms with Crippen molar-refractivity contribution in [3.63, 3.8) is 0 Å². The highest BCUT2D eigenvalue weighted by molar-refractivity contribution is 5.92. The first kappa shape index (κ1) is 11.2. The predicted octanol–water partition coefficient (Wildman–Crippen LogP) is 2.99. The highest BCUT2D eigenvalue weighted by atomic mass is 16.3. The molecule has 0 bridgehead atoms. The molecule has 0 aliphatic heterocycles. The molecule has 0 unspecified atom stereocenters. The minimum absolute atomic E-state index is 0.0226. The number of hydrogen-bond donors (Lipinski definition) is 0. The van der Waals surface area contributed by atoms with Gasteiger partial charge in [0.25, 0.3) is 5.91 Å². The summed E-state index contributed by atoms with van der Waals surface area (Å²) in [7, 11) is 1.89. The standard InChI is InChI=1S/C13H19NO2/c1-10-8-9-16-12(10)13(15)14(2)11-6-4-3-5-7-11/h8-9,11H,3-7H2,1-2H3. The maximum absolute atomic E-state index is 12.2. The zero-order valence-electron chi connectivity index (χ0n) is 10.0. The largest absolute Gasteiger partial charge is 0.459 e. The van der Waals surface area contributed by atoms with Crippen molar-refractivity contribution in [2.24, 2.45) is 0 Å². The lowest BCUT2D eigenvalue weighted by Crippen LogP contribution is -2.38. The molecule has 1 aromatic heterocycles. The highest BCUT2D eigenvalue weighted by Gasteiger charge is 2.25. The Morgan fingerprint density at radius 2 is 2.06 bits per heavy atom. The third-order valence-corrected chi connectivity index (χ3v) is 3.50. The smallest absolute Gasteiger partial charge is 0.289 e. The van der Waals surface area contributed by atoms with Gasteiger partial charge in [-0.05, 0) is 25.8 Å². The molecule has 1 heterocycles. The minimum Gasteiger partial charge on any atom is -0.459 e. The molecule has 3 heteroatoms. The van der Waals surface area contributed by atoms with Gasteiger partial charge in [0.05, 0.1) is 6.26 Å². The average molecular weight is 221 g/mol. The number of nitrogens with zero attached hydrogens (tertiary/aromatic N) is 1. The van der Waals surface area contributed by atoms with Gasteiger partial charge in [0.2, 0.25) is 0 Å². The molecule has 1 aliphatic rings. The fourth-order valence-corrected chi connectivity index (χ4v) is 2.39. The summed E-state index contributed by atoms with van der Waals surface area (Å²) < 4.78 is 5.25. The van der Waals surface area contributed by atoms with E-state index in [1.54, 1.807) is 6.26 Å². The van der Waals surface area contributed by atoms with Crippen LogP contribution in [-0.2, 0) is 0 Å². The summed E-state index contributed by atoms with van der Waals surface area (Å²) in [6.07, 6.45) is 7.61. The summed E-state index contributed by atoms with van der Waals surface area (Å²) in [4.78, 5) is 14.0. The lowest BCUT2D eigenvalue weighted by atomic mass is 9.94. The number of aryl methyl sites for hydroxylation is 1. The van der Waals surface area contributed by atoms with Gasteiger partial charge in [-0.2, -0.15) is 0 Å². The first-order valence-electron chi connectivity index (χ1n) is 6.01. The Kier molecular flexibility index (Phi) is 3.32. The quantitative estimate of drug-likeness (QED) is 0.769. The van der Waals surface area contributed by atoms with E-state index in [1.165, 1.54) is 19.3 Å². The van der Waals surface area contributed by atoms with Crippen LogP contribution in [0.5, 0.6) is 0 Å². The lowest BCUT2D eigenvalue weighted by molar-refractivity contribution is 0.0663. The number of rotatable bonds is 2. The second kappa shape index (κ2) is 4.73. The molecule has 0 atom stereocenters. The van der Waals surface area contributed by atoms with E-state index >= 15 is 0 Å². The maximum atomic E-state index is 12.2. The van der Waals surface area contributed by atoms with E-state index in [-0.39, 0.29) is 5.91 Å². The summed E-state index contributed by atoms with van der Waals surface area (Å²) in [5, 5.41) is 0. The van der Waals surface area contributed by atoms with Crippen molar-refractivity contribution < 1.29 is 9.21 Å². The Labute approximate surface area is 96.4 Å². The number of furan rings is 1. The molecule has 1 saturated carbocycles. The van der Waals surface area contributed by atoms with Crippen LogP contribution in [0.1, 0.15) is 48.2 Å². The Balaban J connectivity index is 2.06. The molecule has 1 fully saturated rings. The van der Waals surface area contributed by atoms with Crippen LogP contribution >= 0.6 is 0 Å². The Morgan fingerprint density at radius 1 is 1.38 bits per heavy atom. The van der Waals surface area contributed by atoms with E-state index in [0.29, 0.717) is 11.8 Å². The molecule has 3 nitrogen and oxygen atoms in total. The van der Waals surface area contributed by atoms with E-state index in [2.05, 4.69) is 0 Å². The SMILES string of the molecule is Cc1ccoc1C(=O)N(C)C1CCCCC1. The van der Waals surface area contributed by atoms with E-state index in [1.807, 2.05) is 24.9 Å². The van der Waals surface area contributed by atoms with Crippen molar-refractivity contribution in [2.45, 2.75) is 45.1 Å². The van der Waals surface area contributed by atoms with Crippen LogP contribution in [0.3, 0.4) is 0 Å². The van der Waals surface area contributed by atoms with Gasteiger partial charge in [-0.3, -0.25) is 4.79 Å². The third-order valence-electron chi connectivity index (χ3n) is 3.50. The third kappa shape index (κ3) is 2.13. The maximum Gasteiger partial charge on any atom is 0.289 e. The van der Waals surface area contributed by atoms with Gasteiger partial charge >= 0.3 is 0 Å². The number of amides is 1. The molecule has 0 saturated heterocycles.